The molecular formula is C14H18N2O3. The Hall–Kier alpha value is -2.04. The Balaban J connectivity index is 1.89. The van der Waals surface area contributed by atoms with E-state index in [4.69, 9.17) is 10.2 Å². The zero-order chi connectivity index (χ0) is 14.0. The van der Waals surface area contributed by atoms with Gasteiger partial charge in [0.05, 0.1) is 0 Å². The number of primary amides is 1. The predicted octanol–water partition coefficient (Wildman–Crippen LogP) is 1.41. The minimum Gasteiger partial charge on any atom is -0.461 e. The third kappa shape index (κ3) is 3.47. The highest BCUT2D eigenvalue weighted by Crippen LogP contribution is 2.47. The van der Waals surface area contributed by atoms with Gasteiger partial charge in [-0.15, -0.1) is 0 Å². The molecule has 5 nitrogen and oxygen atoms in total. The first kappa shape index (κ1) is 13.4. The summed E-state index contributed by atoms with van der Waals surface area (Å²) in [5.41, 5.74) is 5.05. The van der Waals surface area contributed by atoms with Crippen molar-refractivity contribution in [3.63, 3.8) is 0 Å². The van der Waals surface area contributed by atoms with Crippen LogP contribution in [0.2, 0.25) is 0 Å². The molecule has 0 saturated heterocycles. The smallest absolute Gasteiger partial charge is 0.244 e. The highest BCUT2D eigenvalue weighted by molar-refractivity contribution is 5.94. The van der Waals surface area contributed by atoms with Crippen molar-refractivity contribution in [3.05, 3.63) is 29.7 Å². The molecule has 1 aromatic rings. The van der Waals surface area contributed by atoms with Crippen LogP contribution in [-0.2, 0) is 9.59 Å². The fourth-order valence-corrected chi connectivity index (χ4v) is 1.87. The molecule has 102 valence electrons. The van der Waals surface area contributed by atoms with Crippen LogP contribution in [0.25, 0.3) is 6.08 Å². The van der Waals surface area contributed by atoms with E-state index in [0.29, 0.717) is 17.6 Å². The van der Waals surface area contributed by atoms with Crippen LogP contribution in [0.4, 0.5) is 0 Å². The lowest BCUT2D eigenvalue weighted by molar-refractivity contribution is -0.124. The molecule has 1 aromatic heterocycles. The lowest BCUT2D eigenvalue weighted by Crippen LogP contribution is -2.41. The number of carbonyl (C=O) groups excluding carboxylic acids is 2. The summed E-state index contributed by atoms with van der Waals surface area (Å²) in [6.07, 6.45) is 4.07. The van der Waals surface area contributed by atoms with E-state index in [-0.39, 0.29) is 5.91 Å². The molecule has 3 unspecified atom stereocenters. The van der Waals surface area contributed by atoms with E-state index in [2.05, 4.69) is 12.2 Å². The second kappa shape index (κ2) is 5.30. The summed E-state index contributed by atoms with van der Waals surface area (Å²) in [6.45, 7) is 3.72. The summed E-state index contributed by atoms with van der Waals surface area (Å²) in [6, 6.07) is 3.09. The molecule has 0 radical (unpaired) electrons. The highest BCUT2D eigenvalue weighted by Gasteiger charge is 2.36. The fraction of sp³-hybridized carbons (Fsp3) is 0.429. The Labute approximate surface area is 111 Å². The molecule has 2 amide bonds. The molecule has 0 bridgehead atoms. The Kier molecular flexibility index (Phi) is 3.74. The van der Waals surface area contributed by atoms with Gasteiger partial charge in [0.2, 0.25) is 11.8 Å². The average molecular weight is 262 g/mol. The Bertz CT molecular complexity index is 519. The molecule has 2 rings (SSSR count). The van der Waals surface area contributed by atoms with Gasteiger partial charge in [0.1, 0.15) is 17.6 Å². The maximum atomic E-state index is 11.5. The van der Waals surface area contributed by atoms with E-state index in [0.717, 1.165) is 12.2 Å². The number of nitrogens with one attached hydrogen (secondary N) is 1. The molecule has 1 aliphatic carbocycles. The molecule has 0 aliphatic heterocycles. The highest BCUT2D eigenvalue weighted by atomic mass is 16.3. The van der Waals surface area contributed by atoms with Gasteiger partial charge in [-0.1, -0.05) is 6.92 Å². The van der Waals surface area contributed by atoms with Gasteiger partial charge in [-0.05, 0) is 37.5 Å². The minimum absolute atomic E-state index is 0.371. The molecule has 1 aliphatic rings. The van der Waals surface area contributed by atoms with Crippen LogP contribution in [0.3, 0.4) is 0 Å². The van der Waals surface area contributed by atoms with Gasteiger partial charge < -0.3 is 15.5 Å². The average Bonchev–Trinajstić information content (AvgIpc) is 2.90. The third-order valence-electron chi connectivity index (χ3n) is 3.31. The molecule has 19 heavy (non-hydrogen) atoms. The van der Waals surface area contributed by atoms with Crippen LogP contribution < -0.4 is 11.1 Å². The minimum atomic E-state index is -0.684. The first-order chi connectivity index (χ1) is 8.97. The molecule has 1 saturated carbocycles. The van der Waals surface area contributed by atoms with Crippen LogP contribution in [-0.4, -0.2) is 17.9 Å². The topological polar surface area (TPSA) is 85.3 Å². The molecule has 5 heteroatoms. The van der Waals surface area contributed by atoms with Crippen molar-refractivity contribution in [1.82, 2.24) is 5.32 Å². The SMILES string of the molecule is CC(NC(=O)/C=C/c1ccc(C2CC2C)o1)C(N)=O. The zero-order valence-electron chi connectivity index (χ0n) is 11.1. The third-order valence-corrected chi connectivity index (χ3v) is 3.31. The maximum absolute atomic E-state index is 11.5. The van der Waals surface area contributed by atoms with Crippen molar-refractivity contribution < 1.29 is 14.0 Å². The Morgan fingerprint density at radius 1 is 1.53 bits per heavy atom. The molecule has 1 fully saturated rings. The molecule has 3 N–H and O–H groups in total. The first-order valence-corrected chi connectivity index (χ1v) is 6.35. The molecule has 1 heterocycles. The summed E-state index contributed by atoms with van der Waals surface area (Å²) in [5, 5.41) is 2.46. The van der Waals surface area contributed by atoms with E-state index < -0.39 is 11.9 Å². The largest absolute Gasteiger partial charge is 0.461 e. The monoisotopic (exact) mass is 262 g/mol. The lowest BCUT2D eigenvalue weighted by atomic mass is 10.3. The normalized spacial score (nSPS) is 23.3. The van der Waals surface area contributed by atoms with E-state index in [9.17, 15) is 9.59 Å². The molecule has 0 spiro atoms. The Morgan fingerprint density at radius 2 is 2.21 bits per heavy atom. The van der Waals surface area contributed by atoms with Crippen LogP contribution in [0.15, 0.2) is 22.6 Å². The maximum Gasteiger partial charge on any atom is 0.244 e. The van der Waals surface area contributed by atoms with Gasteiger partial charge in [-0.2, -0.15) is 0 Å². The summed E-state index contributed by atoms with van der Waals surface area (Å²) >= 11 is 0. The van der Waals surface area contributed by atoms with Gasteiger partial charge in [-0.25, -0.2) is 0 Å². The van der Waals surface area contributed by atoms with E-state index in [1.807, 2.05) is 12.1 Å². The second-order valence-corrected chi connectivity index (χ2v) is 5.03. The summed E-state index contributed by atoms with van der Waals surface area (Å²) in [7, 11) is 0. The molecule has 0 aromatic carbocycles. The zero-order valence-corrected chi connectivity index (χ0v) is 11.1. The standard InChI is InChI=1S/C14H18N2O3/c1-8-7-11(8)12-5-3-10(19-12)4-6-13(17)16-9(2)14(15)18/h3-6,8-9,11H,7H2,1-2H3,(H2,15,18)(H,16,17)/b6-4+. The number of carbonyl (C=O) groups is 2. The Morgan fingerprint density at radius 3 is 2.79 bits per heavy atom. The van der Waals surface area contributed by atoms with Crippen molar-refractivity contribution >= 4 is 17.9 Å². The van der Waals surface area contributed by atoms with Crippen LogP contribution in [0.5, 0.6) is 0 Å². The van der Waals surface area contributed by atoms with Crippen molar-refractivity contribution in [2.45, 2.75) is 32.2 Å². The van der Waals surface area contributed by atoms with Gasteiger partial charge in [0.25, 0.3) is 0 Å². The van der Waals surface area contributed by atoms with Crippen molar-refractivity contribution in [3.8, 4) is 0 Å². The van der Waals surface area contributed by atoms with Gasteiger partial charge in [0.15, 0.2) is 0 Å². The number of amides is 2. The summed E-state index contributed by atoms with van der Waals surface area (Å²) in [4.78, 5) is 22.3. The van der Waals surface area contributed by atoms with Crippen LogP contribution >= 0.6 is 0 Å². The quantitative estimate of drug-likeness (QED) is 0.787. The van der Waals surface area contributed by atoms with Crippen LogP contribution in [0.1, 0.15) is 37.7 Å². The van der Waals surface area contributed by atoms with Gasteiger partial charge in [-0.3, -0.25) is 9.59 Å². The number of nitrogens with two attached hydrogens (primary N) is 1. The van der Waals surface area contributed by atoms with Crippen molar-refractivity contribution in [1.29, 1.82) is 0 Å². The number of hydrogen-bond donors (Lipinski definition) is 2. The van der Waals surface area contributed by atoms with Crippen molar-refractivity contribution in [2.75, 3.05) is 0 Å². The fourth-order valence-electron chi connectivity index (χ4n) is 1.87. The second-order valence-electron chi connectivity index (χ2n) is 5.03. The van der Waals surface area contributed by atoms with Gasteiger partial charge in [0, 0.05) is 12.0 Å². The number of rotatable bonds is 5. The first-order valence-electron chi connectivity index (χ1n) is 6.35. The summed E-state index contributed by atoms with van der Waals surface area (Å²) < 4.78 is 5.62. The molecular weight excluding hydrogens is 244 g/mol. The number of furan rings is 1. The van der Waals surface area contributed by atoms with E-state index >= 15 is 0 Å². The molecule has 3 atom stereocenters. The van der Waals surface area contributed by atoms with Crippen molar-refractivity contribution in [2.24, 2.45) is 11.7 Å². The van der Waals surface area contributed by atoms with Gasteiger partial charge >= 0.3 is 0 Å². The lowest BCUT2D eigenvalue weighted by Gasteiger charge is -2.06. The van der Waals surface area contributed by atoms with E-state index in [1.54, 1.807) is 6.08 Å². The summed E-state index contributed by atoms with van der Waals surface area (Å²) in [5.74, 6) is 1.87. The predicted molar refractivity (Wildman–Crippen MR) is 71.1 cm³/mol. The van der Waals surface area contributed by atoms with Crippen LogP contribution in [0, 0.1) is 5.92 Å². The van der Waals surface area contributed by atoms with E-state index in [1.165, 1.54) is 13.0 Å². The number of hydrogen-bond acceptors (Lipinski definition) is 3.